The average Bonchev–Trinajstić information content (AvgIpc) is 2.56. The van der Waals surface area contributed by atoms with E-state index in [-0.39, 0.29) is 18.3 Å². The third-order valence-electron chi connectivity index (χ3n) is 4.58. The summed E-state index contributed by atoms with van der Waals surface area (Å²) in [5.74, 6) is 0. The Morgan fingerprint density at radius 2 is 1.45 bits per heavy atom. The first-order chi connectivity index (χ1) is 9.30. The summed E-state index contributed by atoms with van der Waals surface area (Å²) < 4.78 is 12.0. The fraction of sp³-hybridized carbons (Fsp3) is 0.647. The molecule has 0 amide bonds. The Bertz CT molecular complexity index is 421. The first kappa shape index (κ1) is 15.6. The van der Waals surface area contributed by atoms with E-state index < -0.39 is 0 Å². The summed E-state index contributed by atoms with van der Waals surface area (Å²) in [6.45, 7) is 10.6. The highest BCUT2D eigenvalue weighted by Gasteiger charge is 2.50. The molecular formula is C17H27BO2. The molecule has 1 aliphatic rings. The molecule has 1 heterocycles. The SMILES string of the molecule is Cc1ccc(CCCCB2OC(C)(C)C(C)(C)O2)cc1. The monoisotopic (exact) mass is 274 g/mol. The first-order valence-corrected chi connectivity index (χ1v) is 7.71. The van der Waals surface area contributed by atoms with Crippen LogP contribution in [0.25, 0.3) is 0 Å². The van der Waals surface area contributed by atoms with Gasteiger partial charge in [-0.3, -0.25) is 0 Å². The van der Waals surface area contributed by atoms with Crippen molar-refractivity contribution in [3.05, 3.63) is 35.4 Å². The lowest BCUT2D eigenvalue weighted by molar-refractivity contribution is 0.00578. The summed E-state index contributed by atoms with van der Waals surface area (Å²) in [5, 5.41) is 0. The predicted octanol–water partition coefficient (Wildman–Crippen LogP) is 4.41. The molecule has 2 nitrogen and oxygen atoms in total. The van der Waals surface area contributed by atoms with E-state index in [4.69, 9.17) is 9.31 Å². The zero-order valence-electron chi connectivity index (χ0n) is 13.5. The van der Waals surface area contributed by atoms with Gasteiger partial charge < -0.3 is 9.31 Å². The van der Waals surface area contributed by atoms with E-state index >= 15 is 0 Å². The second-order valence-corrected chi connectivity index (χ2v) is 6.92. The molecule has 1 saturated heterocycles. The number of hydrogen-bond donors (Lipinski definition) is 0. The molecule has 20 heavy (non-hydrogen) atoms. The molecule has 0 radical (unpaired) electrons. The minimum atomic E-state index is -0.200. The Kier molecular flexibility index (Phi) is 4.60. The molecule has 1 aliphatic heterocycles. The molecule has 0 bridgehead atoms. The quantitative estimate of drug-likeness (QED) is 0.585. The van der Waals surface area contributed by atoms with Gasteiger partial charge >= 0.3 is 7.12 Å². The number of aryl methyl sites for hydroxylation is 2. The zero-order chi connectivity index (χ0) is 14.8. The van der Waals surface area contributed by atoms with Crippen molar-refractivity contribution in [1.82, 2.24) is 0 Å². The van der Waals surface area contributed by atoms with Gasteiger partial charge in [0.1, 0.15) is 0 Å². The van der Waals surface area contributed by atoms with Crippen molar-refractivity contribution < 1.29 is 9.31 Å². The van der Waals surface area contributed by atoms with E-state index in [9.17, 15) is 0 Å². The number of benzene rings is 1. The van der Waals surface area contributed by atoms with Crippen LogP contribution >= 0.6 is 0 Å². The highest BCUT2D eigenvalue weighted by Crippen LogP contribution is 2.38. The largest absolute Gasteiger partial charge is 0.457 e. The molecule has 1 aromatic rings. The lowest BCUT2D eigenvalue weighted by Crippen LogP contribution is -2.41. The predicted molar refractivity (Wildman–Crippen MR) is 85.0 cm³/mol. The summed E-state index contributed by atoms with van der Waals surface area (Å²) in [6, 6.07) is 8.82. The highest BCUT2D eigenvalue weighted by molar-refractivity contribution is 6.45. The maximum atomic E-state index is 6.01. The minimum absolute atomic E-state index is 0.0435. The van der Waals surface area contributed by atoms with E-state index in [0.29, 0.717) is 0 Å². The van der Waals surface area contributed by atoms with Gasteiger partial charge in [0.05, 0.1) is 11.2 Å². The van der Waals surface area contributed by atoms with E-state index in [0.717, 1.165) is 19.2 Å². The molecule has 0 saturated carbocycles. The Morgan fingerprint density at radius 1 is 0.900 bits per heavy atom. The van der Waals surface area contributed by atoms with E-state index in [1.807, 2.05) is 0 Å². The molecule has 110 valence electrons. The molecule has 3 heteroatoms. The Labute approximate surface area is 124 Å². The van der Waals surface area contributed by atoms with Crippen molar-refractivity contribution in [3.8, 4) is 0 Å². The molecular weight excluding hydrogens is 247 g/mol. The normalized spacial score (nSPS) is 20.4. The van der Waals surface area contributed by atoms with Crippen molar-refractivity contribution in [1.29, 1.82) is 0 Å². The fourth-order valence-electron chi connectivity index (χ4n) is 2.48. The molecule has 0 aliphatic carbocycles. The zero-order valence-corrected chi connectivity index (χ0v) is 13.5. The van der Waals surface area contributed by atoms with Crippen LogP contribution in [0.15, 0.2) is 24.3 Å². The van der Waals surface area contributed by atoms with Crippen LogP contribution in [0.4, 0.5) is 0 Å². The summed E-state index contributed by atoms with van der Waals surface area (Å²) in [7, 11) is -0.0435. The van der Waals surface area contributed by atoms with Crippen LogP contribution in [0.3, 0.4) is 0 Å². The lowest BCUT2D eigenvalue weighted by Gasteiger charge is -2.32. The number of rotatable bonds is 5. The standard InChI is InChI=1S/C17H27BO2/c1-14-9-11-15(12-10-14)8-6-7-13-18-19-16(2,3)17(4,5)20-18/h9-12H,6-8,13H2,1-5H3. The van der Waals surface area contributed by atoms with Crippen molar-refractivity contribution >= 4 is 7.12 Å². The smallest absolute Gasteiger partial charge is 0.403 e. The molecule has 1 fully saturated rings. The summed E-state index contributed by atoms with van der Waals surface area (Å²) in [6.07, 6.45) is 4.45. The van der Waals surface area contributed by atoms with Crippen LogP contribution < -0.4 is 0 Å². The molecule has 0 spiro atoms. The van der Waals surface area contributed by atoms with Crippen LogP contribution in [-0.4, -0.2) is 18.3 Å². The topological polar surface area (TPSA) is 18.5 Å². The molecule has 1 aromatic carbocycles. The molecule has 0 atom stereocenters. The first-order valence-electron chi connectivity index (χ1n) is 7.71. The summed E-state index contributed by atoms with van der Waals surface area (Å²) in [5.41, 5.74) is 2.35. The minimum Gasteiger partial charge on any atom is -0.403 e. The molecule has 0 aromatic heterocycles. The van der Waals surface area contributed by atoms with E-state index in [1.165, 1.54) is 17.5 Å². The van der Waals surface area contributed by atoms with Gasteiger partial charge in [0.25, 0.3) is 0 Å². The van der Waals surface area contributed by atoms with Crippen LogP contribution in [0.5, 0.6) is 0 Å². The van der Waals surface area contributed by atoms with Gasteiger partial charge in [-0.15, -0.1) is 0 Å². The van der Waals surface area contributed by atoms with Gasteiger partial charge in [-0.1, -0.05) is 36.2 Å². The van der Waals surface area contributed by atoms with Crippen LogP contribution in [0.2, 0.25) is 6.32 Å². The van der Waals surface area contributed by atoms with Crippen LogP contribution in [0, 0.1) is 6.92 Å². The van der Waals surface area contributed by atoms with Gasteiger partial charge in [0, 0.05) is 0 Å². The Hall–Kier alpha value is -0.795. The number of unbranched alkanes of at least 4 members (excludes halogenated alkanes) is 1. The lowest BCUT2D eigenvalue weighted by atomic mass is 9.82. The van der Waals surface area contributed by atoms with Crippen LogP contribution in [-0.2, 0) is 15.7 Å². The second kappa shape index (κ2) is 5.91. The molecule has 0 unspecified atom stereocenters. The third-order valence-corrected chi connectivity index (χ3v) is 4.58. The second-order valence-electron chi connectivity index (χ2n) is 6.92. The summed E-state index contributed by atoms with van der Waals surface area (Å²) >= 11 is 0. The molecule has 2 rings (SSSR count). The van der Waals surface area contributed by atoms with E-state index in [1.54, 1.807) is 0 Å². The van der Waals surface area contributed by atoms with Gasteiger partial charge in [0.15, 0.2) is 0 Å². The third kappa shape index (κ3) is 3.65. The van der Waals surface area contributed by atoms with Gasteiger partial charge in [-0.25, -0.2) is 0 Å². The maximum absolute atomic E-state index is 6.01. The molecule has 0 N–H and O–H groups in total. The highest BCUT2D eigenvalue weighted by atomic mass is 16.7. The number of hydrogen-bond acceptors (Lipinski definition) is 2. The van der Waals surface area contributed by atoms with Crippen LogP contribution in [0.1, 0.15) is 51.7 Å². The van der Waals surface area contributed by atoms with Crippen molar-refractivity contribution in [2.24, 2.45) is 0 Å². The van der Waals surface area contributed by atoms with Gasteiger partial charge in [0.2, 0.25) is 0 Å². The van der Waals surface area contributed by atoms with Crippen molar-refractivity contribution in [2.45, 2.75) is 71.4 Å². The van der Waals surface area contributed by atoms with Crippen molar-refractivity contribution in [2.75, 3.05) is 0 Å². The fourth-order valence-corrected chi connectivity index (χ4v) is 2.48. The Balaban J connectivity index is 1.71. The Morgan fingerprint density at radius 3 is 2.00 bits per heavy atom. The van der Waals surface area contributed by atoms with E-state index in [2.05, 4.69) is 58.9 Å². The average molecular weight is 274 g/mol. The van der Waals surface area contributed by atoms with Gasteiger partial charge in [-0.05, 0) is 59.3 Å². The van der Waals surface area contributed by atoms with Gasteiger partial charge in [-0.2, -0.15) is 0 Å². The van der Waals surface area contributed by atoms with Crippen molar-refractivity contribution in [3.63, 3.8) is 0 Å². The summed E-state index contributed by atoms with van der Waals surface area (Å²) in [4.78, 5) is 0. The maximum Gasteiger partial charge on any atom is 0.457 e.